The Morgan fingerprint density at radius 2 is 1.16 bits per heavy atom. The van der Waals surface area contributed by atoms with Gasteiger partial charge in [0.15, 0.2) is 5.78 Å². The normalized spacial score (nSPS) is 15.9. The van der Waals surface area contributed by atoms with E-state index in [0.717, 1.165) is 68.0 Å². The molecule has 2 saturated heterocycles. The fraction of sp³-hybridized carbons (Fsp3) is 0.224. The highest BCUT2D eigenvalue weighted by molar-refractivity contribution is 7.18. The van der Waals surface area contributed by atoms with Crippen LogP contribution in [0.5, 0.6) is 0 Å². The van der Waals surface area contributed by atoms with Crippen molar-refractivity contribution in [3.8, 4) is 22.3 Å². The number of benzene rings is 4. The Kier molecular flexibility index (Phi) is 13.4. The molecule has 0 bridgehead atoms. The third-order valence-electron chi connectivity index (χ3n) is 10.9. The number of fused-ring (bicyclic) bond motifs is 1. The summed E-state index contributed by atoms with van der Waals surface area (Å²) < 4.78 is 11.0. The molecule has 0 spiro atoms. The number of hydrogen-bond acceptors (Lipinski definition) is 9. The van der Waals surface area contributed by atoms with E-state index in [4.69, 9.17) is 26.1 Å². The summed E-state index contributed by atoms with van der Waals surface area (Å²) in [5.41, 5.74) is 7.51. The molecule has 2 aliphatic heterocycles. The molecular formula is C49H44ClN5O5S. The van der Waals surface area contributed by atoms with Gasteiger partial charge in [0, 0.05) is 43.0 Å². The molecule has 2 atom stereocenters. The van der Waals surface area contributed by atoms with E-state index in [1.807, 2.05) is 132 Å². The highest BCUT2D eigenvalue weighted by atomic mass is 35.5. The second kappa shape index (κ2) is 19.8. The molecule has 0 radical (unpaired) electrons. The lowest BCUT2D eigenvalue weighted by Crippen LogP contribution is -2.41. The molecule has 5 heterocycles. The van der Waals surface area contributed by atoms with Gasteiger partial charge in [0.1, 0.15) is 33.7 Å². The van der Waals surface area contributed by atoms with Crippen LogP contribution >= 0.6 is 22.9 Å². The minimum Gasteiger partial charge on any atom is -0.445 e. The number of hydrogen-bond donors (Lipinski definition) is 0. The van der Waals surface area contributed by atoms with E-state index in [0.29, 0.717) is 30.2 Å². The summed E-state index contributed by atoms with van der Waals surface area (Å²) in [4.78, 5) is 56.5. The van der Waals surface area contributed by atoms with Crippen molar-refractivity contribution in [1.82, 2.24) is 24.8 Å². The minimum absolute atomic E-state index is 0.0544. The molecule has 4 aromatic carbocycles. The summed E-state index contributed by atoms with van der Waals surface area (Å²) in [5, 5.41) is 1.24. The molecule has 3 aromatic heterocycles. The van der Waals surface area contributed by atoms with Gasteiger partial charge in [0.25, 0.3) is 0 Å². The first-order chi connectivity index (χ1) is 29.9. The van der Waals surface area contributed by atoms with E-state index >= 15 is 0 Å². The molecular weight excluding hydrogens is 806 g/mol. The molecule has 9 rings (SSSR count). The Morgan fingerprint density at radius 1 is 0.639 bits per heavy atom. The van der Waals surface area contributed by atoms with Gasteiger partial charge in [-0.25, -0.2) is 24.5 Å². The zero-order chi connectivity index (χ0) is 42.0. The van der Waals surface area contributed by atoms with Crippen LogP contribution in [0.15, 0.2) is 146 Å². The van der Waals surface area contributed by atoms with Crippen molar-refractivity contribution in [2.24, 2.45) is 0 Å². The lowest BCUT2D eigenvalue weighted by molar-refractivity contribution is -0.122. The molecule has 308 valence electrons. The van der Waals surface area contributed by atoms with Gasteiger partial charge in [0.05, 0.1) is 12.1 Å². The average Bonchev–Trinajstić information content (AvgIpc) is 4.10. The van der Waals surface area contributed by atoms with E-state index in [1.165, 1.54) is 4.90 Å². The Morgan fingerprint density at radius 3 is 1.80 bits per heavy atom. The number of carbonyl (C=O) groups is 3. The quantitative estimate of drug-likeness (QED) is 0.125. The van der Waals surface area contributed by atoms with Crippen LogP contribution in [0.3, 0.4) is 0 Å². The molecule has 7 aromatic rings. The molecule has 10 nitrogen and oxygen atoms in total. The summed E-state index contributed by atoms with van der Waals surface area (Å²) in [5.74, 6) is -0.0544. The number of carbonyl (C=O) groups excluding carboxylic acids is 3. The first-order valence-corrected chi connectivity index (χ1v) is 21.6. The number of Topliss-reactive ketones (excluding diaryl/α,β-unsaturated/α-hetero) is 1. The number of halogens is 1. The SMILES string of the molecule is O=C(Cc1c(-c2ccccc2)ccnc1Cl)[C@@H]1CCCN1C(=O)OCc1ccccc1.O=C(OCc1ccccc1)N1CCC[C@H]1c1nc2c(-c3ccccc3)ccnc2s1. The van der Waals surface area contributed by atoms with Gasteiger partial charge in [-0.2, -0.15) is 0 Å². The standard InChI is InChI=1S/C25H23ClN2O3.C24H21N3O2S/c26-24-21(20(13-14-27-24)19-10-5-2-6-11-19)16-23(29)22-12-7-15-28(22)25(30)31-17-18-8-3-1-4-9-18;28-24(29-16-17-8-3-1-4-9-17)27-15-7-12-20(27)22-26-21-19(13-14-25-23(21)30-22)18-10-5-2-6-11-18/h1-6,8-11,13-14,22H,7,12,15-17H2;1-6,8-11,13-14,20H,7,12,15-16H2/t22-;20-/m00/s1. The van der Waals surface area contributed by atoms with E-state index in [9.17, 15) is 14.4 Å². The van der Waals surface area contributed by atoms with E-state index in [-0.39, 0.29) is 37.6 Å². The molecule has 2 aliphatic rings. The molecule has 0 unspecified atom stereocenters. The number of amides is 2. The summed E-state index contributed by atoms with van der Waals surface area (Å²) in [6.45, 7) is 1.66. The molecule has 0 saturated carbocycles. The lowest BCUT2D eigenvalue weighted by Gasteiger charge is -2.23. The number of ether oxygens (including phenoxy) is 2. The van der Waals surface area contributed by atoms with Crippen LogP contribution in [-0.4, -0.2) is 61.9 Å². The van der Waals surface area contributed by atoms with Gasteiger partial charge >= 0.3 is 12.2 Å². The van der Waals surface area contributed by atoms with E-state index in [1.54, 1.807) is 17.5 Å². The number of pyridine rings is 2. The van der Waals surface area contributed by atoms with E-state index in [2.05, 4.69) is 22.1 Å². The zero-order valence-electron chi connectivity index (χ0n) is 33.4. The first kappa shape index (κ1) is 41.3. The summed E-state index contributed by atoms with van der Waals surface area (Å²) >= 11 is 7.95. The lowest BCUT2D eigenvalue weighted by atomic mass is 9.95. The summed E-state index contributed by atoms with van der Waals surface area (Å²) in [7, 11) is 0. The fourth-order valence-electron chi connectivity index (χ4n) is 7.82. The smallest absolute Gasteiger partial charge is 0.410 e. The molecule has 2 amide bonds. The third kappa shape index (κ3) is 9.96. The number of ketones is 1. The van der Waals surface area contributed by atoms with Crippen LogP contribution in [0.2, 0.25) is 5.15 Å². The Hall–Kier alpha value is -6.43. The maximum absolute atomic E-state index is 13.2. The van der Waals surface area contributed by atoms with E-state index < -0.39 is 12.1 Å². The van der Waals surface area contributed by atoms with Crippen molar-refractivity contribution in [2.45, 2.75) is 57.4 Å². The van der Waals surface area contributed by atoms with Crippen LogP contribution < -0.4 is 0 Å². The van der Waals surface area contributed by atoms with Crippen molar-refractivity contribution >= 4 is 51.3 Å². The third-order valence-corrected chi connectivity index (χ3v) is 12.3. The van der Waals surface area contributed by atoms with Crippen molar-refractivity contribution in [3.05, 3.63) is 173 Å². The predicted octanol–water partition coefficient (Wildman–Crippen LogP) is 11.1. The number of likely N-dealkylation sites (tertiary alicyclic amines) is 2. The van der Waals surface area contributed by atoms with Crippen molar-refractivity contribution in [1.29, 1.82) is 0 Å². The van der Waals surface area contributed by atoms with Crippen molar-refractivity contribution in [2.75, 3.05) is 13.1 Å². The maximum Gasteiger partial charge on any atom is 0.410 e. The molecule has 2 fully saturated rings. The minimum atomic E-state index is -0.511. The van der Waals surface area contributed by atoms with Crippen LogP contribution in [-0.2, 0) is 33.9 Å². The van der Waals surface area contributed by atoms with Gasteiger partial charge in [-0.05, 0) is 65.6 Å². The van der Waals surface area contributed by atoms with Crippen molar-refractivity contribution in [3.63, 3.8) is 0 Å². The molecule has 61 heavy (non-hydrogen) atoms. The highest BCUT2D eigenvalue weighted by Gasteiger charge is 2.36. The van der Waals surface area contributed by atoms with Gasteiger partial charge in [-0.3, -0.25) is 14.6 Å². The van der Waals surface area contributed by atoms with Crippen LogP contribution in [0.4, 0.5) is 9.59 Å². The second-order valence-electron chi connectivity index (χ2n) is 14.9. The number of rotatable bonds is 10. The average molecular weight is 850 g/mol. The summed E-state index contributed by atoms with van der Waals surface area (Å²) in [6, 6.07) is 42.5. The van der Waals surface area contributed by atoms with Gasteiger partial charge in [-0.1, -0.05) is 144 Å². The van der Waals surface area contributed by atoms with Crippen LogP contribution in [0.1, 0.15) is 53.4 Å². The Bertz CT molecular complexity index is 2580. The Labute approximate surface area is 363 Å². The highest BCUT2D eigenvalue weighted by Crippen LogP contribution is 2.39. The second-order valence-corrected chi connectivity index (χ2v) is 16.2. The number of nitrogens with zero attached hydrogens (tertiary/aromatic N) is 5. The Balaban J connectivity index is 0.000000168. The zero-order valence-corrected chi connectivity index (χ0v) is 35.0. The molecule has 0 aliphatic carbocycles. The van der Waals surface area contributed by atoms with Crippen LogP contribution in [0, 0.1) is 0 Å². The monoisotopic (exact) mass is 849 g/mol. The number of aromatic nitrogens is 3. The molecule has 0 N–H and O–H groups in total. The van der Waals surface area contributed by atoms with Gasteiger partial charge < -0.3 is 9.47 Å². The fourth-order valence-corrected chi connectivity index (χ4v) is 9.13. The number of thiazole rings is 1. The molecule has 12 heteroatoms. The van der Waals surface area contributed by atoms with Crippen LogP contribution in [0.25, 0.3) is 32.6 Å². The maximum atomic E-state index is 13.2. The topological polar surface area (TPSA) is 115 Å². The summed E-state index contributed by atoms with van der Waals surface area (Å²) in [6.07, 6.45) is 6.07. The first-order valence-electron chi connectivity index (χ1n) is 20.4. The van der Waals surface area contributed by atoms with Crippen molar-refractivity contribution < 1.29 is 23.9 Å². The predicted molar refractivity (Wildman–Crippen MR) is 238 cm³/mol. The largest absolute Gasteiger partial charge is 0.445 e. The van der Waals surface area contributed by atoms with Gasteiger partial charge in [-0.15, -0.1) is 0 Å². The van der Waals surface area contributed by atoms with Gasteiger partial charge in [0.2, 0.25) is 0 Å².